The quantitative estimate of drug-likeness (QED) is 0.811. The second-order valence-corrected chi connectivity index (χ2v) is 4.81. The molecule has 0 aliphatic rings. The Kier molecular flexibility index (Phi) is 4.42. The van der Waals surface area contributed by atoms with Crippen LogP contribution in [0.2, 0.25) is 0 Å². The SMILES string of the molecule is CCOc1ccc(NC(=O)OC(C)(C)C)c(N)c1. The highest BCUT2D eigenvalue weighted by Gasteiger charge is 2.16. The van der Waals surface area contributed by atoms with Gasteiger partial charge in [0.25, 0.3) is 0 Å². The number of hydrogen-bond acceptors (Lipinski definition) is 4. The molecule has 0 heterocycles. The van der Waals surface area contributed by atoms with E-state index in [0.717, 1.165) is 0 Å². The summed E-state index contributed by atoms with van der Waals surface area (Å²) in [5, 5.41) is 2.59. The molecule has 0 aliphatic carbocycles. The molecule has 3 N–H and O–H groups in total. The van der Waals surface area contributed by atoms with Crippen LogP contribution in [0, 0.1) is 0 Å². The first kappa shape index (κ1) is 14.2. The summed E-state index contributed by atoms with van der Waals surface area (Å²) in [6.07, 6.45) is -0.529. The number of nitrogen functional groups attached to an aromatic ring is 1. The zero-order valence-corrected chi connectivity index (χ0v) is 11.2. The molecule has 1 rings (SSSR count). The van der Waals surface area contributed by atoms with Crippen LogP contribution in [-0.4, -0.2) is 18.3 Å². The van der Waals surface area contributed by atoms with Gasteiger partial charge in [-0.2, -0.15) is 0 Å². The molecule has 0 radical (unpaired) electrons. The molecule has 1 aromatic carbocycles. The van der Waals surface area contributed by atoms with Crippen molar-refractivity contribution in [3.05, 3.63) is 18.2 Å². The number of amides is 1. The normalized spacial score (nSPS) is 10.9. The molecule has 0 unspecified atom stereocenters. The summed E-state index contributed by atoms with van der Waals surface area (Å²) in [5.74, 6) is 0.671. The molecule has 0 saturated carbocycles. The van der Waals surface area contributed by atoms with Crippen molar-refractivity contribution >= 4 is 17.5 Å². The molecule has 0 bridgehead atoms. The van der Waals surface area contributed by atoms with Crippen molar-refractivity contribution in [1.29, 1.82) is 0 Å². The Labute approximate surface area is 107 Å². The molecular weight excluding hydrogens is 232 g/mol. The third-order valence-corrected chi connectivity index (χ3v) is 1.97. The van der Waals surface area contributed by atoms with Gasteiger partial charge in [-0.1, -0.05) is 0 Å². The lowest BCUT2D eigenvalue weighted by Crippen LogP contribution is -2.27. The summed E-state index contributed by atoms with van der Waals surface area (Å²) >= 11 is 0. The zero-order chi connectivity index (χ0) is 13.8. The van der Waals surface area contributed by atoms with Crippen molar-refractivity contribution in [2.75, 3.05) is 17.7 Å². The van der Waals surface area contributed by atoms with E-state index in [1.807, 2.05) is 6.92 Å². The minimum absolute atomic E-state index is 0.437. The third-order valence-electron chi connectivity index (χ3n) is 1.97. The molecule has 5 heteroatoms. The van der Waals surface area contributed by atoms with E-state index in [4.69, 9.17) is 15.2 Å². The topological polar surface area (TPSA) is 73.6 Å². The van der Waals surface area contributed by atoms with Crippen LogP contribution >= 0.6 is 0 Å². The maximum atomic E-state index is 11.6. The highest BCUT2D eigenvalue weighted by atomic mass is 16.6. The van der Waals surface area contributed by atoms with Crippen molar-refractivity contribution in [3.8, 4) is 5.75 Å². The number of carbonyl (C=O) groups excluding carboxylic acids is 1. The largest absolute Gasteiger partial charge is 0.494 e. The van der Waals surface area contributed by atoms with Crippen molar-refractivity contribution in [2.24, 2.45) is 0 Å². The van der Waals surface area contributed by atoms with Gasteiger partial charge in [0.05, 0.1) is 18.0 Å². The van der Waals surface area contributed by atoms with E-state index in [2.05, 4.69) is 5.32 Å². The molecule has 0 saturated heterocycles. The van der Waals surface area contributed by atoms with Crippen molar-refractivity contribution in [2.45, 2.75) is 33.3 Å². The fraction of sp³-hybridized carbons (Fsp3) is 0.462. The van der Waals surface area contributed by atoms with Gasteiger partial charge in [0.1, 0.15) is 11.4 Å². The maximum Gasteiger partial charge on any atom is 0.412 e. The van der Waals surface area contributed by atoms with E-state index < -0.39 is 11.7 Å². The molecule has 0 spiro atoms. The van der Waals surface area contributed by atoms with E-state index in [0.29, 0.717) is 23.7 Å². The Balaban J connectivity index is 2.71. The predicted molar refractivity (Wildman–Crippen MR) is 71.9 cm³/mol. The molecule has 18 heavy (non-hydrogen) atoms. The third kappa shape index (κ3) is 4.53. The summed E-state index contributed by atoms with van der Waals surface area (Å²) in [6, 6.07) is 5.09. The van der Waals surface area contributed by atoms with Crippen LogP contribution in [-0.2, 0) is 4.74 Å². The van der Waals surface area contributed by atoms with Crippen LogP contribution < -0.4 is 15.8 Å². The molecule has 100 valence electrons. The average Bonchev–Trinajstić information content (AvgIpc) is 2.20. The van der Waals surface area contributed by atoms with Crippen molar-refractivity contribution < 1.29 is 14.3 Å². The standard InChI is InChI=1S/C13H20N2O3/c1-5-17-9-6-7-11(10(14)8-9)15-12(16)18-13(2,3)4/h6-8H,5,14H2,1-4H3,(H,15,16). The maximum absolute atomic E-state index is 11.6. The average molecular weight is 252 g/mol. The van der Waals surface area contributed by atoms with Crippen LogP contribution in [0.25, 0.3) is 0 Å². The number of nitrogens with two attached hydrogens (primary N) is 1. The number of benzene rings is 1. The number of nitrogens with one attached hydrogen (secondary N) is 1. The highest BCUT2D eigenvalue weighted by molar-refractivity contribution is 5.89. The number of carbonyl (C=O) groups is 1. The molecule has 0 aliphatic heterocycles. The first-order valence-electron chi connectivity index (χ1n) is 5.84. The van der Waals surface area contributed by atoms with Crippen LogP contribution in [0.3, 0.4) is 0 Å². The van der Waals surface area contributed by atoms with Gasteiger partial charge in [-0.25, -0.2) is 4.79 Å². The lowest BCUT2D eigenvalue weighted by atomic mass is 10.2. The first-order valence-corrected chi connectivity index (χ1v) is 5.84. The second kappa shape index (κ2) is 5.62. The van der Waals surface area contributed by atoms with Crippen LogP contribution in [0.15, 0.2) is 18.2 Å². The summed E-state index contributed by atoms with van der Waals surface area (Å²) in [5.41, 5.74) is 6.22. The number of ether oxygens (including phenoxy) is 2. The van der Waals surface area contributed by atoms with E-state index >= 15 is 0 Å². The molecule has 1 amide bonds. The second-order valence-electron chi connectivity index (χ2n) is 4.81. The molecule has 0 atom stereocenters. The van der Waals surface area contributed by atoms with Gasteiger partial charge in [0, 0.05) is 6.07 Å². The first-order chi connectivity index (χ1) is 8.31. The van der Waals surface area contributed by atoms with Gasteiger partial charge in [-0.05, 0) is 39.8 Å². The Bertz CT molecular complexity index is 425. The summed E-state index contributed by atoms with van der Waals surface area (Å²) < 4.78 is 10.4. The number of hydrogen-bond donors (Lipinski definition) is 2. The number of anilines is 2. The van der Waals surface area contributed by atoms with Crippen LogP contribution in [0.4, 0.5) is 16.2 Å². The number of rotatable bonds is 3. The fourth-order valence-corrected chi connectivity index (χ4v) is 1.32. The Morgan fingerprint density at radius 3 is 2.56 bits per heavy atom. The highest BCUT2D eigenvalue weighted by Crippen LogP contribution is 2.24. The van der Waals surface area contributed by atoms with Gasteiger partial charge < -0.3 is 15.2 Å². The van der Waals surface area contributed by atoms with Gasteiger partial charge in [-0.15, -0.1) is 0 Å². The molecule has 5 nitrogen and oxygen atoms in total. The summed E-state index contributed by atoms with van der Waals surface area (Å²) in [4.78, 5) is 11.6. The molecule has 0 aromatic heterocycles. The summed E-state index contributed by atoms with van der Waals surface area (Å²) in [7, 11) is 0. The van der Waals surface area contributed by atoms with E-state index in [1.54, 1.807) is 39.0 Å². The fourth-order valence-electron chi connectivity index (χ4n) is 1.32. The predicted octanol–water partition coefficient (Wildman–Crippen LogP) is 3.01. The molecule has 1 aromatic rings. The zero-order valence-electron chi connectivity index (χ0n) is 11.2. The molecule has 0 fully saturated rings. The minimum atomic E-state index is -0.538. The van der Waals surface area contributed by atoms with Gasteiger partial charge in [-0.3, -0.25) is 5.32 Å². The Hall–Kier alpha value is -1.91. The lowest BCUT2D eigenvalue weighted by Gasteiger charge is -2.20. The Morgan fingerprint density at radius 1 is 1.39 bits per heavy atom. The van der Waals surface area contributed by atoms with E-state index in [-0.39, 0.29) is 0 Å². The van der Waals surface area contributed by atoms with Gasteiger partial charge >= 0.3 is 6.09 Å². The minimum Gasteiger partial charge on any atom is -0.494 e. The lowest BCUT2D eigenvalue weighted by molar-refractivity contribution is 0.0636. The smallest absolute Gasteiger partial charge is 0.412 e. The van der Waals surface area contributed by atoms with E-state index in [1.165, 1.54) is 0 Å². The van der Waals surface area contributed by atoms with Crippen molar-refractivity contribution in [1.82, 2.24) is 0 Å². The van der Waals surface area contributed by atoms with Crippen LogP contribution in [0.5, 0.6) is 5.75 Å². The monoisotopic (exact) mass is 252 g/mol. The summed E-state index contributed by atoms with van der Waals surface area (Å²) in [6.45, 7) is 7.86. The molecular formula is C13H20N2O3. The van der Waals surface area contributed by atoms with Crippen molar-refractivity contribution in [3.63, 3.8) is 0 Å². The van der Waals surface area contributed by atoms with Gasteiger partial charge in [0.2, 0.25) is 0 Å². The van der Waals surface area contributed by atoms with E-state index in [9.17, 15) is 4.79 Å². The Morgan fingerprint density at radius 2 is 2.06 bits per heavy atom. The van der Waals surface area contributed by atoms with Gasteiger partial charge in [0.15, 0.2) is 0 Å². The van der Waals surface area contributed by atoms with Crippen LogP contribution in [0.1, 0.15) is 27.7 Å².